The summed E-state index contributed by atoms with van der Waals surface area (Å²) in [5.41, 5.74) is 1.70. The van der Waals surface area contributed by atoms with Gasteiger partial charge in [-0.25, -0.2) is 0 Å². The summed E-state index contributed by atoms with van der Waals surface area (Å²) in [7, 11) is 0. The Morgan fingerprint density at radius 2 is 2.10 bits per heavy atom. The van der Waals surface area contributed by atoms with Crippen LogP contribution in [0, 0.1) is 17.0 Å². The molecule has 1 aliphatic rings. The van der Waals surface area contributed by atoms with Crippen LogP contribution in [-0.4, -0.2) is 53.6 Å². The van der Waals surface area contributed by atoms with Crippen molar-refractivity contribution in [3.63, 3.8) is 0 Å². The number of aliphatic carboxylic acids is 1. The number of nitrogens with zero attached hydrogens (tertiary/aromatic N) is 3. The lowest BCUT2D eigenvalue weighted by Crippen LogP contribution is -2.34. The molecule has 1 fully saturated rings. The van der Waals surface area contributed by atoms with E-state index in [0.29, 0.717) is 31.9 Å². The summed E-state index contributed by atoms with van der Waals surface area (Å²) in [6.07, 6.45) is 0.790. The number of nitro benzene ring substituents is 1. The molecule has 21 heavy (non-hydrogen) atoms. The monoisotopic (exact) mass is 293 g/mol. The maximum Gasteiger partial charge on any atom is 0.317 e. The normalized spacial score (nSPS) is 16.5. The van der Waals surface area contributed by atoms with Crippen molar-refractivity contribution in [3.8, 4) is 0 Å². The van der Waals surface area contributed by atoms with Crippen molar-refractivity contribution in [2.75, 3.05) is 37.6 Å². The minimum atomic E-state index is -0.843. The van der Waals surface area contributed by atoms with Gasteiger partial charge in [0.1, 0.15) is 5.69 Å². The molecule has 0 saturated carbocycles. The minimum absolute atomic E-state index is 0.0176. The quantitative estimate of drug-likeness (QED) is 0.668. The maximum atomic E-state index is 11.2. The van der Waals surface area contributed by atoms with Crippen LogP contribution in [0.15, 0.2) is 18.2 Å². The summed E-state index contributed by atoms with van der Waals surface area (Å²) in [5.74, 6) is -0.843. The highest BCUT2D eigenvalue weighted by Crippen LogP contribution is 2.29. The highest BCUT2D eigenvalue weighted by atomic mass is 16.6. The lowest BCUT2D eigenvalue weighted by Gasteiger charge is -2.23. The Morgan fingerprint density at radius 1 is 1.33 bits per heavy atom. The Balaban J connectivity index is 2.17. The Bertz CT molecular complexity index is 547. The largest absolute Gasteiger partial charge is 0.480 e. The first-order valence-corrected chi connectivity index (χ1v) is 6.91. The zero-order valence-electron chi connectivity index (χ0n) is 12.0. The van der Waals surface area contributed by atoms with Gasteiger partial charge >= 0.3 is 5.97 Å². The predicted molar refractivity (Wildman–Crippen MR) is 78.7 cm³/mol. The second-order valence-electron chi connectivity index (χ2n) is 5.26. The van der Waals surface area contributed by atoms with Gasteiger partial charge in [0.25, 0.3) is 5.69 Å². The molecular formula is C14H19N3O4. The number of carboxylic acid groups (broad SMARTS) is 1. The van der Waals surface area contributed by atoms with E-state index in [1.54, 1.807) is 6.07 Å². The number of nitro groups is 1. The zero-order valence-corrected chi connectivity index (χ0v) is 12.0. The molecular weight excluding hydrogens is 274 g/mol. The standard InChI is InChI=1S/C14H19N3O4/c1-11-3-4-12(17(20)21)13(9-11)16-6-2-5-15(7-8-16)10-14(18)19/h3-4,9H,2,5-8,10H2,1H3,(H,18,19). The summed E-state index contributed by atoms with van der Waals surface area (Å²) in [6.45, 7) is 4.50. The molecule has 0 aromatic heterocycles. The first kappa shape index (κ1) is 15.2. The summed E-state index contributed by atoms with van der Waals surface area (Å²) in [6, 6.07) is 5.09. The van der Waals surface area contributed by atoms with Crippen LogP contribution in [0.4, 0.5) is 11.4 Å². The van der Waals surface area contributed by atoms with E-state index >= 15 is 0 Å². The van der Waals surface area contributed by atoms with Crippen LogP contribution in [0.25, 0.3) is 0 Å². The van der Waals surface area contributed by atoms with E-state index in [2.05, 4.69) is 0 Å². The van der Waals surface area contributed by atoms with Crippen LogP contribution in [0.5, 0.6) is 0 Å². The molecule has 1 aromatic rings. The van der Waals surface area contributed by atoms with Gasteiger partial charge in [0.15, 0.2) is 0 Å². The highest BCUT2D eigenvalue weighted by molar-refractivity contribution is 5.69. The third-order valence-corrected chi connectivity index (χ3v) is 3.62. The molecule has 0 spiro atoms. The average molecular weight is 293 g/mol. The molecule has 7 heteroatoms. The summed E-state index contributed by atoms with van der Waals surface area (Å²) in [5, 5.41) is 20.0. The number of carboxylic acids is 1. The van der Waals surface area contributed by atoms with Crippen LogP contribution >= 0.6 is 0 Å². The van der Waals surface area contributed by atoms with E-state index in [9.17, 15) is 14.9 Å². The second kappa shape index (κ2) is 6.53. The van der Waals surface area contributed by atoms with Crippen molar-refractivity contribution in [2.24, 2.45) is 0 Å². The molecule has 1 aromatic carbocycles. The molecule has 0 aliphatic carbocycles. The smallest absolute Gasteiger partial charge is 0.317 e. The van der Waals surface area contributed by atoms with Crippen LogP contribution in [0.3, 0.4) is 0 Å². The van der Waals surface area contributed by atoms with Crippen LogP contribution in [0.1, 0.15) is 12.0 Å². The van der Waals surface area contributed by atoms with Crippen molar-refractivity contribution in [1.82, 2.24) is 4.90 Å². The van der Waals surface area contributed by atoms with Gasteiger partial charge in [-0.05, 0) is 25.0 Å². The first-order valence-electron chi connectivity index (χ1n) is 6.91. The third kappa shape index (κ3) is 3.91. The topological polar surface area (TPSA) is 86.9 Å². The molecule has 0 bridgehead atoms. The van der Waals surface area contributed by atoms with Crippen molar-refractivity contribution in [2.45, 2.75) is 13.3 Å². The molecule has 1 heterocycles. The molecule has 2 rings (SSSR count). The first-order chi connectivity index (χ1) is 9.97. The number of carbonyl (C=O) groups is 1. The molecule has 0 radical (unpaired) electrons. The van der Waals surface area contributed by atoms with E-state index in [1.165, 1.54) is 6.07 Å². The Kier molecular flexibility index (Phi) is 4.74. The Morgan fingerprint density at radius 3 is 2.76 bits per heavy atom. The SMILES string of the molecule is Cc1ccc([N+](=O)[O-])c(N2CCCN(CC(=O)O)CC2)c1. The van der Waals surface area contributed by atoms with Crippen molar-refractivity contribution in [3.05, 3.63) is 33.9 Å². The van der Waals surface area contributed by atoms with E-state index < -0.39 is 5.97 Å². The minimum Gasteiger partial charge on any atom is -0.480 e. The van der Waals surface area contributed by atoms with Crippen molar-refractivity contribution in [1.29, 1.82) is 0 Å². The predicted octanol–water partition coefficient (Wildman–Crippen LogP) is 1.50. The van der Waals surface area contributed by atoms with Gasteiger partial charge < -0.3 is 10.0 Å². The lowest BCUT2D eigenvalue weighted by atomic mass is 10.1. The van der Waals surface area contributed by atoms with Gasteiger partial charge in [0.05, 0.1) is 11.5 Å². The van der Waals surface area contributed by atoms with Crippen LogP contribution in [0.2, 0.25) is 0 Å². The van der Waals surface area contributed by atoms with Gasteiger partial charge in [-0.15, -0.1) is 0 Å². The number of benzene rings is 1. The molecule has 1 saturated heterocycles. The third-order valence-electron chi connectivity index (χ3n) is 3.62. The van der Waals surface area contributed by atoms with Gasteiger partial charge in [-0.3, -0.25) is 19.8 Å². The molecule has 7 nitrogen and oxygen atoms in total. The molecule has 1 aliphatic heterocycles. The summed E-state index contributed by atoms with van der Waals surface area (Å²) in [4.78, 5) is 25.4. The Labute approximate surface area is 122 Å². The zero-order chi connectivity index (χ0) is 15.4. The molecule has 0 amide bonds. The van der Waals surface area contributed by atoms with Crippen molar-refractivity contribution < 1.29 is 14.8 Å². The van der Waals surface area contributed by atoms with Gasteiger partial charge in [0, 0.05) is 32.2 Å². The number of anilines is 1. The van der Waals surface area contributed by atoms with E-state index in [0.717, 1.165) is 12.0 Å². The summed E-state index contributed by atoms with van der Waals surface area (Å²) < 4.78 is 0. The van der Waals surface area contributed by atoms with Gasteiger partial charge in [0.2, 0.25) is 0 Å². The van der Waals surface area contributed by atoms with E-state index in [1.807, 2.05) is 22.8 Å². The fourth-order valence-corrected chi connectivity index (χ4v) is 2.60. The molecule has 0 atom stereocenters. The summed E-state index contributed by atoms with van der Waals surface area (Å²) >= 11 is 0. The Hall–Kier alpha value is -2.15. The number of rotatable bonds is 4. The van der Waals surface area contributed by atoms with E-state index in [4.69, 9.17) is 5.11 Å². The lowest BCUT2D eigenvalue weighted by molar-refractivity contribution is -0.384. The fourth-order valence-electron chi connectivity index (χ4n) is 2.60. The number of hydrogen-bond donors (Lipinski definition) is 1. The number of hydrogen-bond acceptors (Lipinski definition) is 5. The van der Waals surface area contributed by atoms with Crippen molar-refractivity contribution >= 4 is 17.3 Å². The van der Waals surface area contributed by atoms with Crippen LogP contribution < -0.4 is 4.90 Å². The molecule has 0 unspecified atom stereocenters. The van der Waals surface area contributed by atoms with E-state index in [-0.39, 0.29) is 17.2 Å². The van der Waals surface area contributed by atoms with Crippen LogP contribution in [-0.2, 0) is 4.79 Å². The highest BCUT2D eigenvalue weighted by Gasteiger charge is 2.22. The van der Waals surface area contributed by atoms with Gasteiger partial charge in [-0.1, -0.05) is 6.07 Å². The fraction of sp³-hybridized carbons (Fsp3) is 0.500. The maximum absolute atomic E-state index is 11.2. The number of aryl methyl sites for hydroxylation is 1. The molecule has 1 N–H and O–H groups in total. The second-order valence-corrected chi connectivity index (χ2v) is 5.26. The van der Waals surface area contributed by atoms with Gasteiger partial charge in [-0.2, -0.15) is 0 Å². The molecule has 114 valence electrons. The average Bonchev–Trinajstić information content (AvgIpc) is 2.63.